The number of nitrogens with one attached hydrogen (secondary N) is 2. The van der Waals surface area contributed by atoms with E-state index in [2.05, 4.69) is 22.4 Å². The molecular weight excluding hydrogens is 336 g/mol. The summed E-state index contributed by atoms with van der Waals surface area (Å²) in [4.78, 5) is 28.2. The van der Waals surface area contributed by atoms with Crippen LogP contribution in [0.1, 0.15) is 21.5 Å². The Morgan fingerprint density at radius 3 is 2.44 bits per heavy atom. The lowest BCUT2D eigenvalue weighted by molar-refractivity contribution is 0.102. The standard InChI is InChI=1S/C23H18N2O2/c26-22-19-11-4-5-12-21(19)24-15-20(22)23(27)25-18-10-6-9-17(14-18)13-16-7-2-1-3-8-16/h1-12,14-15H,13H2,(H,24,26)(H,25,27). The number of hydrogen-bond donors (Lipinski definition) is 2. The number of H-pyrrole nitrogens is 1. The molecule has 4 heteroatoms. The van der Waals surface area contributed by atoms with Gasteiger partial charge in [0.1, 0.15) is 5.56 Å². The molecule has 2 N–H and O–H groups in total. The first-order chi connectivity index (χ1) is 13.2. The third-order valence-electron chi connectivity index (χ3n) is 4.47. The maximum atomic E-state index is 12.6. The SMILES string of the molecule is O=C(Nc1cccc(Cc2ccccc2)c1)c1c[nH]c2ccccc2c1=O. The van der Waals surface area contributed by atoms with Crippen molar-refractivity contribution in [2.24, 2.45) is 0 Å². The molecule has 0 bridgehead atoms. The number of fused-ring (bicyclic) bond motifs is 1. The van der Waals surface area contributed by atoms with Gasteiger partial charge in [0.05, 0.1) is 0 Å². The smallest absolute Gasteiger partial charge is 0.261 e. The quantitative estimate of drug-likeness (QED) is 0.572. The molecule has 4 nitrogen and oxygen atoms in total. The van der Waals surface area contributed by atoms with Crippen LogP contribution in [0.15, 0.2) is 89.9 Å². The van der Waals surface area contributed by atoms with Crippen molar-refractivity contribution in [3.8, 4) is 0 Å². The molecule has 0 atom stereocenters. The summed E-state index contributed by atoms with van der Waals surface area (Å²) in [5.41, 5.74) is 3.49. The number of carbonyl (C=O) groups excluding carboxylic acids is 1. The number of aromatic amines is 1. The molecule has 0 fully saturated rings. The Balaban J connectivity index is 1.57. The van der Waals surface area contributed by atoms with Crippen LogP contribution in [-0.2, 0) is 6.42 Å². The van der Waals surface area contributed by atoms with Gasteiger partial charge in [-0.1, -0.05) is 54.6 Å². The Kier molecular flexibility index (Phi) is 4.54. The molecule has 1 amide bonds. The molecule has 0 aliphatic carbocycles. The first-order valence-electron chi connectivity index (χ1n) is 8.75. The van der Waals surface area contributed by atoms with E-state index in [0.717, 1.165) is 12.0 Å². The van der Waals surface area contributed by atoms with Crippen LogP contribution >= 0.6 is 0 Å². The summed E-state index contributed by atoms with van der Waals surface area (Å²) in [5.74, 6) is -0.418. The van der Waals surface area contributed by atoms with Gasteiger partial charge in [-0.15, -0.1) is 0 Å². The summed E-state index contributed by atoms with van der Waals surface area (Å²) in [6.45, 7) is 0. The highest BCUT2D eigenvalue weighted by Crippen LogP contribution is 2.16. The normalized spacial score (nSPS) is 10.7. The lowest BCUT2D eigenvalue weighted by atomic mass is 10.0. The molecule has 0 saturated heterocycles. The van der Waals surface area contributed by atoms with E-state index in [4.69, 9.17) is 0 Å². The van der Waals surface area contributed by atoms with Crippen LogP contribution in [0.4, 0.5) is 5.69 Å². The van der Waals surface area contributed by atoms with E-state index in [9.17, 15) is 9.59 Å². The summed E-state index contributed by atoms with van der Waals surface area (Å²) in [6, 6.07) is 25.0. The maximum Gasteiger partial charge on any atom is 0.261 e. The second-order valence-corrected chi connectivity index (χ2v) is 6.39. The highest BCUT2D eigenvalue weighted by atomic mass is 16.2. The summed E-state index contributed by atoms with van der Waals surface area (Å²) in [6.07, 6.45) is 2.24. The molecule has 0 aliphatic heterocycles. The molecular formula is C23H18N2O2. The zero-order valence-electron chi connectivity index (χ0n) is 14.6. The lowest BCUT2D eigenvalue weighted by Crippen LogP contribution is -2.21. The van der Waals surface area contributed by atoms with Crippen LogP contribution in [-0.4, -0.2) is 10.9 Å². The fourth-order valence-corrected chi connectivity index (χ4v) is 3.13. The molecule has 1 heterocycles. The number of carbonyl (C=O) groups is 1. The zero-order chi connectivity index (χ0) is 18.6. The Bertz CT molecular complexity index is 1160. The van der Waals surface area contributed by atoms with Crippen molar-refractivity contribution >= 4 is 22.5 Å². The van der Waals surface area contributed by atoms with E-state index in [-0.39, 0.29) is 11.0 Å². The Morgan fingerprint density at radius 2 is 1.59 bits per heavy atom. The first kappa shape index (κ1) is 16.8. The molecule has 0 unspecified atom stereocenters. The minimum atomic E-state index is -0.418. The molecule has 4 rings (SSSR count). The van der Waals surface area contributed by atoms with Gasteiger partial charge in [-0.3, -0.25) is 9.59 Å². The van der Waals surface area contributed by atoms with Gasteiger partial charge in [-0.25, -0.2) is 0 Å². The number of pyridine rings is 1. The van der Waals surface area contributed by atoms with Crippen LogP contribution in [0.2, 0.25) is 0 Å². The first-order valence-corrected chi connectivity index (χ1v) is 8.75. The zero-order valence-corrected chi connectivity index (χ0v) is 14.6. The average molecular weight is 354 g/mol. The predicted molar refractivity (Wildman–Crippen MR) is 108 cm³/mol. The fourth-order valence-electron chi connectivity index (χ4n) is 3.13. The van der Waals surface area contributed by atoms with Gasteiger partial charge in [0, 0.05) is 22.8 Å². The van der Waals surface area contributed by atoms with Gasteiger partial charge in [-0.05, 0) is 41.8 Å². The number of hydrogen-bond acceptors (Lipinski definition) is 2. The largest absolute Gasteiger partial charge is 0.360 e. The van der Waals surface area contributed by atoms with Gasteiger partial charge in [0.2, 0.25) is 5.43 Å². The molecule has 0 spiro atoms. The molecule has 4 aromatic rings. The van der Waals surface area contributed by atoms with Crippen LogP contribution in [0.25, 0.3) is 10.9 Å². The highest BCUT2D eigenvalue weighted by molar-refractivity contribution is 6.05. The molecule has 1 aromatic heterocycles. The van der Waals surface area contributed by atoms with Crippen LogP contribution in [0, 0.1) is 0 Å². The van der Waals surface area contributed by atoms with E-state index in [1.54, 1.807) is 12.1 Å². The van der Waals surface area contributed by atoms with Crippen molar-refractivity contribution < 1.29 is 4.79 Å². The van der Waals surface area contributed by atoms with E-state index < -0.39 is 5.91 Å². The van der Waals surface area contributed by atoms with Crippen molar-refractivity contribution in [2.45, 2.75) is 6.42 Å². The fraction of sp³-hybridized carbons (Fsp3) is 0.0435. The molecule has 3 aromatic carbocycles. The third kappa shape index (κ3) is 3.65. The number of para-hydroxylation sites is 1. The van der Waals surface area contributed by atoms with Crippen molar-refractivity contribution in [3.05, 3.63) is 112 Å². The minimum Gasteiger partial charge on any atom is -0.360 e. The number of benzene rings is 3. The number of aromatic nitrogens is 1. The van der Waals surface area contributed by atoms with Crippen molar-refractivity contribution in [1.82, 2.24) is 4.98 Å². The predicted octanol–water partition coefficient (Wildman–Crippen LogP) is 4.37. The number of rotatable bonds is 4. The number of amides is 1. The van der Waals surface area contributed by atoms with Gasteiger partial charge in [0.15, 0.2) is 0 Å². The molecule has 0 radical (unpaired) electrons. The Hall–Kier alpha value is -3.66. The van der Waals surface area contributed by atoms with Crippen molar-refractivity contribution in [2.75, 3.05) is 5.32 Å². The molecule has 0 saturated carbocycles. The topological polar surface area (TPSA) is 62.0 Å². The van der Waals surface area contributed by atoms with Gasteiger partial charge >= 0.3 is 0 Å². The number of anilines is 1. The van der Waals surface area contributed by atoms with E-state index in [0.29, 0.717) is 16.6 Å². The Labute approximate surface area is 156 Å². The molecule has 0 aliphatic rings. The second kappa shape index (κ2) is 7.30. The summed E-state index contributed by atoms with van der Waals surface area (Å²) in [5, 5.41) is 3.33. The summed E-state index contributed by atoms with van der Waals surface area (Å²) >= 11 is 0. The van der Waals surface area contributed by atoms with Gasteiger partial charge < -0.3 is 10.3 Å². The summed E-state index contributed by atoms with van der Waals surface area (Å²) in [7, 11) is 0. The van der Waals surface area contributed by atoms with E-state index in [1.165, 1.54) is 11.8 Å². The average Bonchev–Trinajstić information content (AvgIpc) is 2.69. The summed E-state index contributed by atoms with van der Waals surface area (Å²) < 4.78 is 0. The minimum absolute atomic E-state index is 0.0992. The van der Waals surface area contributed by atoms with Gasteiger partial charge in [-0.2, -0.15) is 0 Å². The van der Waals surface area contributed by atoms with Crippen LogP contribution < -0.4 is 10.7 Å². The van der Waals surface area contributed by atoms with Crippen LogP contribution in [0.5, 0.6) is 0 Å². The van der Waals surface area contributed by atoms with E-state index >= 15 is 0 Å². The maximum absolute atomic E-state index is 12.6. The second-order valence-electron chi connectivity index (χ2n) is 6.39. The van der Waals surface area contributed by atoms with Crippen molar-refractivity contribution in [1.29, 1.82) is 0 Å². The monoisotopic (exact) mass is 354 g/mol. The van der Waals surface area contributed by atoms with E-state index in [1.807, 2.05) is 54.6 Å². The third-order valence-corrected chi connectivity index (χ3v) is 4.47. The van der Waals surface area contributed by atoms with Gasteiger partial charge in [0.25, 0.3) is 5.91 Å². The van der Waals surface area contributed by atoms with Crippen molar-refractivity contribution in [3.63, 3.8) is 0 Å². The highest BCUT2D eigenvalue weighted by Gasteiger charge is 2.13. The van der Waals surface area contributed by atoms with Crippen LogP contribution in [0.3, 0.4) is 0 Å². The lowest BCUT2D eigenvalue weighted by Gasteiger charge is -2.08. The molecule has 27 heavy (non-hydrogen) atoms. The Morgan fingerprint density at radius 1 is 0.852 bits per heavy atom. The molecule has 132 valence electrons.